The quantitative estimate of drug-likeness (QED) is 0.632. The van der Waals surface area contributed by atoms with Crippen LogP contribution in [0.5, 0.6) is 0 Å². The van der Waals surface area contributed by atoms with Crippen LogP contribution in [0.2, 0.25) is 0 Å². The van der Waals surface area contributed by atoms with Crippen LogP contribution < -0.4 is 0 Å². The molecular formula is C17H17BrF2. The Kier molecular flexibility index (Phi) is 4.92. The summed E-state index contributed by atoms with van der Waals surface area (Å²) in [5.41, 5.74) is 2.49. The summed E-state index contributed by atoms with van der Waals surface area (Å²) in [7, 11) is 0. The van der Waals surface area contributed by atoms with Crippen molar-refractivity contribution in [2.75, 3.05) is 0 Å². The Morgan fingerprint density at radius 2 is 1.65 bits per heavy atom. The van der Waals surface area contributed by atoms with E-state index >= 15 is 0 Å². The maximum absolute atomic E-state index is 13.8. The molecule has 0 radical (unpaired) electrons. The Bertz CT molecular complexity index is 576. The Morgan fingerprint density at radius 1 is 1.00 bits per heavy atom. The highest BCUT2D eigenvalue weighted by Gasteiger charge is 2.17. The molecule has 3 heteroatoms. The van der Waals surface area contributed by atoms with Crippen molar-refractivity contribution >= 4 is 15.9 Å². The van der Waals surface area contributed by atoms with Gasteiger partial charge in [-0.25, -0.2) is 8.78 Å². The zero-order valence-electron chi connectivity index (χ0n) is 11.5. The molecular weight excluding hydrogens is 322 g/mol. The van der Waals surface area contributed by atoms with E-state index in [4.69, 9.17) is 0 Å². The lowest BCUT2D eigenvalue weighted by molar-refractivity contribution is 0.500. The standard InChI is InChI=1S/C17H17BrF2/c1-11(2)10-12-6-8-13(9-7-12)16(18)14-4-3-5-15(19)17(14)20/h3-9,11,16H,10H2,1-2H3. The van der Waals surface area contributed by atoms with E-state index in [1.54, 1.807) is 6.07 Å². The molecule has 0 N–H and O–H groups in total. The van der Waals surface area contributed by atoms with Gasteiger partial charge in [0.25, 0.3) is 0 Å². The summed E-state index contributed by atoms with van der Waals surface area (Å²) in [6.45, 7) is 4.34. The first-order chi connectivity index (χ1) is 9.49. The van der Waals surface area contributed by atoms with Crippen LogP contribution >= 0.6 is 15.9 Å². The number of hydrogen-bond acceptors (Lipinski definition) is 0. The number of benzene rings is 2. The van der Waals surface area contributed by atoms with Crippen LogP contribution in [0, 0.1) is 17.6 Å². The molecule has 0 saturated carbocycles. The van der Waals surface area contributed by atoms with E-state index in [9.17, 15) is 8.78 Å². The molecule has 0 aliphatic carbocycles. The molecule has 106 valence electrons. The molecule has 1 unspecified atom stereocenters. The highest BCUT2D eigenvalue weighted by molar-refractivity contribution is 9.09. The molecule has 0 fully saturated rings. The van der Waals surface area contributed by atoms with Crippen molar-refractivity contribution in [2.24, 2.45) is 5.92 Å². The van der Waals surface area contributed by atoms with E-state index in [1.165, 1.54) is 11.6 Å². The Balaban J connectivity index is 2.25. The first kappa shape index (κ1) is 15.2. The first-order valence-electron chi connectivity index (χ1n) is 6.66. The third kappa shape index (κ3) is 3.45. The van der Waals surface area contributed by atoms with Crippen LogP contribution in [0.3, 0.4) is 0 Å². The smallest absolute Gasteiger partial charge is 0.163 e. The Labute approximate surface area is 127 Å². The second-order valence-corrected chi connectivity index (χ2v) is 6.26. The number of rotatable bonds is 4. The molecule has 2 rings (SSSR count). The van der Waals surface area contributed by atoms with Crippen molar-refractivity contribution in [1.82, 2.24) is 0 Å². The summed E-state index contributed by atoms with van der Waals surface area (Å²) in [6.07, 6.45) is 1.02. The van der Waals surface area contributed by atoms with Gasteiger partial charge in [-0.1, -0.05) is 66.2 Å². The molecule has 0 heterocycles. The molecule has 1 atom stereocenters. The van der Waals surface area contributed by atoms with Crippen molar-refractivity contribution < 1.29 is 8.78 Å². The van der Waals surface area contributed by atoms with Gasteiger partial charge in [0.1, 0.15) is 0 Å². The maximum Gasteiger partial charge on any atom is 0.163 e. The minimum atomic E-state index is -0.816. The predicted octanol–water partition coefficient (Wildman–Crippen LogP) is 5.65. The fourth-order valence-corrected chi connectivity index (χ4v) is 2.85. The number of hydrogen-bond donors (Lipinski definition) is 0. The molecule has 0 aliphatic heterocycles. The molecule has 0 amide bonds. The number of alkyl halides is 1. The third-order valence-electron chi connectivity index (χ3n) is 3.17. The predicted molar refractivity (Wildman–Crippen MR) is 82.1 cm³/mol. The highest BCUT2D eigenvalue weighted by atomic mass is 79.9. The van der Waals surface area contributed by atoms with Gasteiger partial charge in [-0.15, -0.1) is 0 Å². The highest BCUT2D eigenvalue weighted by Crippen LogP contribution is 2.33. The summed E-state index contributed by atoms with van der Waals surface area (Å²) in [6, 6.07) is 12.3. The largest absolute Gasteiger partial charge is 0.204 e. The van der Waals surface area contributed by atoms with Crippen molar-refractivity contribution in [3.05, 3.63) is 70.8 Å². The van der Waals surface area contributed by atoms with Gasteiger partial charge in [-0.2, -0.15) is 0 Å². The van der Waals surface area contributed by atoms with Crippen molar-refractivity contribution in [3.8, 4) is 0 Å². The lowest BCUT2D eigenvalue weighted by atomic mass is 9.99. The van der Waals surface area contributed by atoms with Crippen LogP contribution in [0.25, 0.3) is 0 Å². The summed E-state index contributed by atoms with van der Waals surface area (Å²) in [4.78, 5) is -0.341. The normalized spacial score (nSPS) is 12.7. The molecule has 0 saturated heterocycles. The van der Waals surface area contributed by atoms with E-state index in [0.29, 0.717) is 11.5 Å². The van der Waals surface area contributed by atoms with E-state index in [0.717, 1.165) is 18.1 Å². The van der Waals surface area contributed by atoms with Gasteiger partial charge in [-0.05, 0) is 29.5 Å². The van der Waals surface area contributed by atoms with E-state index in [-0.39, 0.29) is 4.83 Å². The van der Waals surface area contributed by atoms with Crippen LogP contribution in [-0.4, -0.2) is 0 Å². The van der Waals surface area contributed by atoms with Gasteiger partial charge in [0, 0.05) is 5.56 Å². The van der Waals surface area contributed by atoms with Gasteiger partial charge < -0.3 is 0 Å². The molecule has 20 heavy (non-hydrogen) atoms. The molecule has 0 nitrogen and oxygen atoms in total. The van der Waals surface area contributed by atoms with Gasteiger partial charge in [0.15, 0.2) is 11.6 Å². The third-order valence-corrected chi connectivity index (χ3v) is 4.19. The minimum absolute atomic E-state index is 0.321. The van der Waals surface area contributed by atoms with E-state index < -0.39 is 11.6 Å². The van der Waals surface area contributed by atoms with Crippen molar-refractivity contribution in [2.45, 2.75) is 25.1 Å². The maximum atomic E-state index is 13.8. The molecule has 2 aromatic rings. The summed E-state index contributed by atoms with van der Waals surface area (Å²) in [5.74, 6) is -1.01. The fraction of sp³-hybridized carbons (Fsp3) is 0.294. The van der Waals surface area contributed by atoms with Crippen LogP contribution in [0.15, 0.2) is 42.5 Å². The van der Waals surface area contributed by atoms with Gasteiger partial charge in [0.2, 0.25) is 0 Å². The van der Waals surface area contributed by atoms with Gasteiger partial charge >= 0.3 is 0 Å². The molecule has 0 aromatic heterocycles. The first-order valence-corrected chi connectivity index (χ1v) is 7.57. The zero-order valence-corrected chi connectivity index (χ0v) is 13.1. The lowest BCUT2D eigenvalue weighted by Crippen LogP contribution is -2.00. The lowest BCUT2D eigenvalue weighted by Gasteiger charge is -2.13. The minimum Gasteiger partial charge on any atom is -0.204 e. The van der Waals surface area contributed by atoms with E-state index in [1.807, 2.05) is 24.3 Å². The number of halogens is 3. The summed E-state index contributed by atoms with van der Waals surface area (Å²) < 4.78 is 27.1. The van der Waals surface area contributed by atoms with Crippen LogP contribution in [0.1, 0.15) is 35.4 Å². The van der Waals surface area contributed by atoms with E-state index in [2.05, 4.69) is 29.8 Å². The molecule has 0 aliphatic rings. The topological polar surface area (TPSA) is 0 Å². The monoisotopic (exact) mass is 338 g/mol. The molecule has 2 aromatic carbocycles. The zero-order chi connectivity index (χ0) is 14.7. The molecule has 0 bridgehead atoms. The summed E-state index contributed by atoms with van der Waals surface area (Å²) in [5, 5.41) is 0. The average molecular weight is 339 g/mol. The average Bonchev–Trinajstić information content (AvgIpc) is 2.41. The fourth-order valence-electron chi connectivity index (χ4n) is 2.19. The van der Waals surface area contributed by atoms with Gasteiger partial charge in [0.05, 0.1) is 4.83 Å². The second kappa shape index (κ2) is 6.49. The summed E-state index contributed by atoms with van der Waals surface area (Å²) >= 11 is 3.45. The van der Waals surface area contributed by atoms with Crippen LogP contribution in [0.4, 0.5) is 8.78 Å². The van der Waals surface area contributed by atoms with Crippen molar-refractivity contribution in [3.63, 3.8) is 0 Å². The second-order valence-electron chi connectivity index (χ2n) is 5.35. The molecule has 0 spiro atoms. The SMILES string of the molecule is CC(C)Cc1ccc(C(Br)c2cccc(F)c2F)cc1. The van der Waals surface area contributed by atoms with Crippen molar-refractivity contribution in [1.29, 1.82) is 0 Å². The van der Waals surface area contributed by atoms with Gasteiger partial charge in [-0.3, -0.25) is 0 Å². The van der Waals surface area contributed by atoms with Crippen LogP contribution in [-0.2, 0) is 6.42 Å². The Morgan fingerprint density at radius 3 is 2.25 bits per heavy atom. The Hall–Kier alpha value is -1.22.